The van der Waals surface area contributed by atoms with E-state index in [1.165, 1.54) is 5.56 Å². The molecule has 1 aliphatic rings. The number of pyridine rings is 1. The summed E-state index contributed by atoms with van der Waals surface area (Å²) in [4.78, 5) is 19.7. The van der Waals surface area contributed by atoms with Gasteiger partial charge in [-0.15, -0.1) is 0 Å². The quantitative estimate of drug-likeness (QED) is 0.708. The molecule has 0 radical (unpaired) electrons. The fourth-order valence-corrected chi connectivity index (χ4v) is 2.04. The van der Waals surface area contributed by atoms with Gasteiger partial charge < -0.3 is 9.80 Å². The van der Waals surface area contributed by atoms with Crippen molar-refractivity contribution in [3.63, 3.8) is 0 Å². The van der Waals surface area contributed by atoms with E-state index in [9.17, 15) is 4.79 Å². The lowest BCUT2D eigenvalue weighted by atomic mass is 10.2. The molecule has 4 nitrogen and oxygen atoms in total. The zero-order valence-corrected chi connectivity index (χ0v) is 9.81. The van der Waals surface area contributed by atoms with Crippen LogP contribution in [0.5, 0.6) is 0 Å². The van der Waals surface area contributed by atoms with Crippen LogP contribution in [0.2, 0.25) is 0 Å². The van der Waals surface area contributed by atoms with Gasteiger partial charge in [-0.05, 0) is 18.6 Å². The van der Waals surface area contributed by atoms with Crippen molar-refractivity contribution in [1.82, 2.24) is 9.88 Å². The standard InChI is InChI=1S/C12H17N3O/c1-10-4-3-5-13-12(10)15-8-6-14(7-9-15)11(2)16/h3-5H,6-9H2,1-2H3. The minimum Gasteiger partial charge on any atom is -0.353 e. The Labute approximate surface area is 95.9 Å². The molecule has 16 heavy (non-hydrogen) atoms. The van der Waals surface area contributed by atoms with Crippen LogP contribution in [0.15, 0.2) is 18.3 Å². The van der Waals surface area contributed by atoms with Crippen molar-refractivity contribution in [2.24, 2.45) is 0 Å². The van der Waals surface area contributed by atoms with Crippen molar-refractivity contribution in [3.8, 4) is 0 Å². The summed E-state index contributed by atoms with van der Waals surface area (Å²) in [6, 6.07) is 4.02. The van der Waals surface area contributed by atoms with Crippen LogP contribution in [0.3, 0.4) is 0 Å². The number of aryl methyl sites for hydroxylation is 1. The summed E-state index contributed by atoms with van der Waals surface area (Å²) in [6.07, 6.45) is 1.82. The molecule has 0 aromatic carbocycles. The van der Waals surface area contributed by atoms with Gasteiger partial charge in [-0.2, -0.15) is 0 Å². The van der Waals surface area contributed by atoms with Crippen LogP contribution >= 0.6 is 0 Å². The first-order valence-corrected chi connectivity index (χ1v) is 5.60. The number of anilines is 1. The van der Waals surface area contributed by atoms with E-state index >= 15 is 0 Å². The highest BCUT2D eigenvalue weighted by molar-refractivity contribution is 5.73. The molecule has 0 spiro atoms. The Morgan fingerprint density at radius 2 is 2.00 bits per heavy atom. The predicted molar refractivity (Wildman–Crippen MR) is 63.4 cm³/mol. The Kier molecular flexibility index (Phi) is 3.08. The molecule has 1 amide bonds. The second-order valence-corrected chi connectivity index (χ2v) is 4.14. The molecule has 0 N–H and O–H groups in total. The van der Waals surface area contributed by atoms with Gasteiger partial charge in [0.2, 0.25) is 5.91 Å². The van der Waals surface area contributed by atoms with Crippen LogP contribution in [-0.2, 0) is 4.79 Å². The van der Waals surface area contributed by atoms with E-state index in [4.69, 9.17) is 0 Å². The molecular weight excluding hydrogens is 202 g/mol. The van der Waals surface area contributed by atoms with Crippen molar-refractivity contribution in [2.75, 3.05) is 31.1 Å². The van der Waals surface area contributed by atoms with Crippen molar-refractivity contribution in [3.05, 3.63) is 23.9 Å². The third kappa shape index (κ3) is 2.15. The van der Waals surface area contributed by atoms with Gasteiger partial charge >= 0.3 is 0 Å². The minimum atomic E-state index is 0.164. The largest absolute Gasteiger partial charge is 0.353 e. The van der Waals surface area contributed by atoms with E-state index in [1.54, 1.807) is 6.92 Å². The number of nitrogens with zero attached hydrogens (tertiary/aromatic N) is 3. The van der Waals surface area contributed by atoms with Crippen molar-refractivity contribution in [2.45, 2.75) is 13.8 Å². The number of hydrogen-bond acceptors (Lipinski definition) is 3. The van der Waals surface area contributed by atoms with E-state index in [2.05, 4.69) is 22.9 Å². The number of carbonyl (C=O) groups is 1. The number of hydrogen-bond donors (Lipinski definition) is 0. The summed E-state index contributed by atoms with van der Waals surface area (Å²) in [5.41, 5.74) is 1.19. The van der Waals surface area contributed by atoms with Crippen molar-refractivity contribution in [1.29, 1.82) is 0 Å². The number of amides is 1. The first-order chi connectivity index (χ1) is 7.68. The van der Waals surface area contributed by atoms with Gasteiger partial charge in [0, 0.05) is 39.3 Å². The van der Waals surface area contributed by atoms with Gasteiger partial charge in [-0.3, -0.25) is 4.79 Å². The average Bonchev–Trinajstić information content (AvgIpc) is 2.30. The van der Waals surface area contributed by atoms with Crippen LogP contribution < -0.4 is 4.90 Å². The molecule has 1 aromatic rings. The summed E-state index contributed by atoms with van der Waals surface area (Å²) in [7, 11) is 0. The van der Waals surface area contributed by atoms with Crippen LogP contribution in [0.25, 0.3) is 0 Å². The number of carbonyl (C=O) groups excluding carboxylic acids is 1. The van der Waals surface area contributed by atoms with Gasteiger partial charge in [-0.1, -0.05) is 6.07 Å². The Hall–Kier alpha value is -1.58. The maximum Gasteiger partial charge on any atom is 0.219 e. The zero-order valence-electron chi connectivity index (χ0n) is 9.81. The molecule has 1 aromatic heterocycles. The molecule has 1 aliphatic heterocycles. The van der Waals surface area contributed by atoms with Gasteiger partial charge in [0.05, 0.1) is 0 Å². The van der Waals surface area contributed by atoms with Gasteiger partial charge in [0.1, 0.15) is 5.82 Å². The Morgan fingerprint density at radius 3 is 2.56 bits per heavy atom. The summed E-state index contributed by atoms with van der Waals surface area (Å²) in [5.74, 6) is 1.21. The summed E-state index contributed by atoms with van der Waals surface area (Å²) < 4.78 is 0. The molecular formula is C12H17N3O. The summed E-state index contributed by atoms with van der Waals surface area (Å²) in [6.45, 7) is 7.03. The summed E-state index contributed by atoms with van der Waals surface area (Å²) >= 11 is 0. The Morgan fingerprint density at radius 1 is 1.31 bits per heavy atom. The van der Waals surface area contributed by atoms with Crippen LogP contribution in [-0.4, -0.2) is 42.0 Å². The topological polar surface area (TPSA) is 36.4 Å². The van der Waals surface area contributed by atoms with E-state index < -0.39 is 0 Å². The second kappa shape index (κ2) is 4.51. The molecule has 86 valence electrons. The minimum absolute atomic E-state index is 0.164. The molecule has 0 bridgehead atoms. The lowest BCUT2D eigenvalue weighted by Gasteiger charge is -2.35. The number of rotatable bonds is 1. The highest BCUT2D eigenvalue weighted by atomic mass is 16.2. The first-order valence-electron chi connectivity index (χ1n) is 5.60. The monoisotopic (exact) mass is 219 g/mol. The van der Waals surface area contributed by atoms with E-state index in [-0.39, 0.29) is 5.91 Å². The maximum atomic E-state index is 11.2. The van der Waals surface area contributed by atoms with Crippen LogP contribution in [0, 0.1) is 6.92 Å². The van der Waals surface area contributed by atoms with E-state index in [0.717, 1.165) is 32.0 Å². The lowest BCUT2D eigenvalue weighted by Crippen LogP contribution is -2.48. The highest BCUT2D eigenvalue weighted by Gasteiger charge is 2.20. The molecule has 4 heteroatoms. The fraction of sp³-hybridized carbons (Fsp3) is 0.500. The van der Waals surface area contributed by atoms with E-state index in [0.29, 0.717) is 0 Å². The number of aromatic nitrogens is 1. The maximum absolute atomic E-state index is 11.2. The molecule has 0 atom stereocenters. The van der Waals surface area contributed by atoms with Gasteiger partial charge in [-0.25, -0.2) is 4.98 Å². The zero-order chi connectivity index (χ0) is 11.5. The SMILES string of the molecule is CC(=O)N1CCN(c2ncccc2C)CC1. The molecule has 2 heterocycles. The molecule has 0 unspecified atom stereocenters. The van der Waals surface area contributed by atoms with Crippen LogP contribution in [0.4, 0.5) is 5.82 Å². The molecule has 2 rings (SSSR count). The second-order valence-electron chi connectivity index (χ2n) is 4.14. The van der Waals surface area contributed by atoms with E-state index in [1.807, 2.05) is 17.2 Å². The first kappa shape index (κ1) is 10.9. The van der Waals surface area contributed by atoms with Crippen LogP contribution in [0.1, 0.15) is 12.5 Å². The molecule has 0 aliphatic carbocycles. The van der Waals surface area contributed by atoms with Crippen molar-refractivity contribution >= 4 is 11.7 Å². The Balaban J connectivity index is 2.05. The fourth-order valence-electron chi connectivity index (χ4n) is 2.04. The van der Waals surface area contributed by atoms with Crippen molar-refractivity contribution < 1.29 is 4.79 Å². The van der Waals surface area contributed by atoms with Gasteiger partial charge in [0.25, 0.3) is 0 Å². The number of piperazine rings is 1. The lowest BCUT2D eigenvalue weighted by molar-refractivity contribution is -0.129. The normalized spacial score (nSPS) is 16.4. The highest BCUT2D eigenvalue weighted by Crippen LogP contribution is 2.17. The summed E-state index contributed by atoms with van der Waals surface area (Å²) in [5, 5.41) is 0. The third-order valence-electron chi connectivity index (χ3n) is 3.01. The smallest absolute Gasteiger partial charge is 0.219 e. The van der Waals surface area contributed by atoms with Gasteiger partial charge in [0.15, 0.2) is 0 Å². The Bertz CT molecular complexity index is 384. The predicted octanol–water partition coefficient (Wildman–Crippen LogP) is 1.06. The molecule has 1 fully saturated rings. The molecule has 1 saturated heterocycles. The molecule has 0 saturated carbocycles. The third-order valence-corrected chi connectivity index (χ3v) is 3.01. The average molecular weight is 219 g/mol.